The molecule has 2 aromatic heterocycles. The second-order valence-electron chi connectivity index (χ2n) is 3.02. The number of hydrogen-bond donors (Lipinski definition) is 1. The molecule has 0 aliphatic heterocycles. The second-order valence-corrected chi connectivity index (χ2v) is 4.49. The lowest BCUT2D eigenvalue weighted by Crippen LogP contribution is -1.91. The fourth-order valence-corrected chi connectivity index (χ4v) is 2.21. The molecule has 0 aromatic carbocycles. The van der Waals surface area contributed by atoms with Crippen LogP contribution < -0.4 is 5.32 Å². The highest BCUT2D eigenvalue weighted by Gasteiger charge is 2.04. The third kappa shape index (κ3) is 2.65. The smallest absolute Gasteiger partial charge is 0.126 e. The van der Waals surface area contributed by atoms with Crippen LogP contribution in [0, 0.1) is 0 Å². The van der Waals surface area contributed by atoms with E-state index < -0.39 is 0 Å². The van der Waals surface area contributed by atoms with E-state index in [1.807, 2.05) is 31.3 Å². The summed E-state index contributed by atoms with van der Waals surface area (Å²) in [7, 11) is 1.84. The molecule has 0 saturated carbocycles. The average molecular weight is 252 g/mol. The first-order valence-electron chi connectivity index (χ1n) is 4.72. The molecule has 0 radical (unpaired) electrons. The molecular formula is C11H10ClN3S. The molecule has 3 nitrogen and oxygen atoms in total. The first-order chi connectivity index (χ1) is 7.79. The maximum atomic E-state index is 6.03. The van der Waals surface area contributed by atoms with Crippen molar-refractivity contribution in [2.45, 2.75) is 9.92 Å². The van der Waals surface area contributed by atoms with Crippen molar-refractivity contribution in [3.63, 3.8) is 0 Å². The third-order valence-electron chi connectivity index (χ3n) is 1.93. The van der Waals surface area contributed by atoms with E-state index in [0.717, 1.165) is 15.7 Å². The van der Waals surface area contributed by atoms with Crippen molar-refractivity contribution in [1.82, 2.24) is 9.97 Å². The van der Waals surface area contributed by atoms with Crippen LogP contribution in [0.25, 0.3) is 0 Å². The van der Waals surface area contributed by atoms with Gasteiger partial charge in [-0.3, -0.25) is 0 Å². The van der Waals surface area contributed by atoms with Crippen LogP contribution in [0.1, 0.15) is 0 Å². The Labute approximate surface area is 103 Å². The van der Waals surface area contributed by atoms with Crippen molar-refractivity contribution >= 4 is 29.2 Å². The highest BCUT2D eigenvalue weighted by molar-refractivity contribution is 7.99. The van der Waals surface area contributed by atoms with Crippen LogP contribution >= 0.6 is 23.4 Å². The Balaban J connectivity index is 2.24. The summed E-state index contributed by atoms with van der Waals surface area (Å²) in [5, 5.41) is 4.46. The molecule has 0 fully saturated rings. The third-order valence-corrected chi connectivity index (χ3v) is 3.35. The van der Waals surface area contributed by atoms with Gasteiger partial charge in [0.25, 0.3) is 0 Å². The second kappa shape index (κ2) is 5.18. The molecule has 0 spiro atoms. The number of nitrogens with one attached hydrogen (secondary N) is 1. The summed E-state index contributed by atoms with van der Waals surface area (Å²) in [6, 6.07) is 7.53. The molecule has 1 N–H and O–H groups in total. The number of anilines is 1. The van der Waals surface area contributed by atoms with E-state index in [4.69, 9.17) is 11.6 Å². The Morgan fingerprint density at radius 3 is 2.88 bits per heavy atom. The molecule has 0 unspecified atom stereocenters. The Morgan fingerprint density at radius 2 is 2.12 bits per heavy atom. The summed E-state index contributed by atoms with van der Waals surface area (Å²) in [4.78, 5) is 9.42. The van der Waals surface area contributed by atoms with E-state index >= 15 is 0 Å². The van der Waals surface area contributed by atoms with Gasteiger partial charge in [-0.05, 0) is 24.3 Å². The Kier molecular flexibility index (Phi) is 3.64. The van der Waals surface area contributed by atoms with Gasteiger partial charge < -0.3 is 5.32 Å². The molecule has 0 aliphatic rings. The van der Waals surface area contributed by atoms with Gasteiger partial charge in [0, 0.05) is 24.3 Å². The van der Waals surface area contributed by atoms with E-state index in [2.05, 4.69) is 15.3 Å². The lowest BCUT2D eigenvalue weighted by atomic mass is 10.5. The van der Waals surface area contributed by atoms with Crippen LogP contribution in [0.2, 0.25) is 5.02 Å². The lowest BCUT2D eigenvalue weighted by molar-refractivity contribution is 1.13. The van der Waals surface area contributed by atoms with E-state index in [0.29, 0.717) is 5.02 Å². The maximum Gasteiger partial charge on any atom is 0.126 e. The van der Waals surface area contributed by atoms with Gasteiger partial charge in [0.1, 0.15) is 10.8 Å². The van der Waals surface area contributed by atoms with Crippen LogP contribution in [-0.2, 0) is 0 Å². The van der Waals surface area contributed by atoms with E-state index in [9.17, 15) is 0 Å². The number of nitrogens with zero attached hydrogens (tertiary/aromatic N) is 2. The molecule has 2 heterocycles. The van der Waals surface area contributed by atoms with Gasteiger partial charge >= 0.3 is 0 Å². The number of hydrogen-bond acceptors (Lipinski definition) is 4. The highest BCUT2D eigenvalue weighted by Crippen LogP contribution is 2.31. The fraction of sp³-hybridized carbons (Fsp3) is 0.0909. The molecule has 0 amide bonds. The molecule has 2 rings (SSSR count). The number of pyridine rings is 2. The van der Waals surface area contributed by atoms with Gasteiger partial charge in [-0.15, -0.1) is 0 Å². The SMILES string of the molecule is CNc1cc(Sc2ncccc2Cl)ccn1. The first-order valence-corrected chi connectivity index (χ1v) is 5.91. The van der Waals surface area contributed by atoms with Gasteiger partial charge in [-0.25, -0.2) is 9.97 Å². The van der Waals surface area contributed by atoms with Crippen LogP contribution in [0.5, 0.6) is 0 Å². The molecular weight excluding hydrogens is 242 g/mol. The van der Waals surface area contributed by atoms with Gasteiger partial charge in [-0.2, -0.15) is 0 Å². The fourth-order valence-electron chi connectivity index (χ4n) is 1.17. The highest BCUT2D eigenvalue weighted by atomic mass is 35.5. The van der Waals surface area contributed by atoms with Gasteiger partial charge in [0.15, 0.2) is 0 Å². The maximum absolute atomic E-state index is 6.03. The minimum Gasteiger partial charge on any atom is -0.373 e. The lowest BCUT2D eigenvalue weighted by Gasteiger charge is -2.04. The molecule has 0 aliphatic carbocycles. The van der Waals surface area contributed by atoms with Crippen molar-refractivity contribution in [3.8, 4) is 0 Å². The first kappa shape index (κ1) is 11.2. The van der Waals surface area contributed by atoms with Crippen LogP contribution in [0.15, 0.2) is 46.6 Å². The van der Waals surface area contributed by atoms with Crippen molar-refractivity contribution < 1.29 is 0 Å². The predicted octanol–water partition coefficient (Wildman–Crippen LogP) is 3.32. The zero-order chi connectivity index (χ0) is 11.4. The standard InChI is InChI=1S/C11H10ClN3S/c1-13-10-7-8(4-6-14-10)16-11-9(12)3-2-5-15-11/h2-7H,1H3,(H,13,14). The summed E-state index contributed by atoms with van der Waals surface area (Å²) in [5.74, 6) is 0.831. The van der Waals surface area contributed by atoms with Crippen molar-refractivity contribution in [2.24, 2.45) is 0 Å². The molecule has 2 aromatic rings. The number of aromatic nitrogens is 2. The molecule has 0 saturated heterocycles. The minimum absolute atomic E-state index is 0.662. The molecule has 82 valence electrons. The number of rotatable bonds is 3. The van der Waals surface area contributed by atoms with E-state index in [-0.39, 0.29) is 0 Å². The minimum atomic E-state index is 0.662. The average Bonchev–Trinajstić information content (AvgIpc) is 2.32. The van der Waals surface area contributed by atoms with Crippen LogP contribution in [-0.4, -0.2) is 17.0 Å². The Bertz CT molecular complexity index is 490. The topological polar surface area (TPSA) is 37.8 Å². The Hall–Kier alpha value is -1.26. The van der Waals surface area contributed by atoms with Crippen LogP contribution in [0.4, 0.5) is 5.82 Å². The monoisotopic (exact) mass is 251 g/mol. The summed E-state index contributed by atoms with van der Waals surface area (Å²) in [6.07, 6.45) is 3.49. The van der Waals surface area contributed by atoms with Crippen molar-refractivity contribution in [2.75, 3.05) is 12.4 Å². The summed E-state index contributed by atoms with van der Waals surface area (Å²) in [6.45, 7) is 0. The van der Waals surface area contributed by atoms with Crippen LogP contribution in [0.3, 0.4) is 0 Å². The predicted molar refractivity (Wildman–Crippen MR) is 67.2 cm³/mol. The zero-order valence-electron chi connectivity index (χ0n) is 8.64. The Morgan fingerprint density at radius 1 is 1.25 bits per heavy atom. The van der Waals surface area contributed by atoms with E-state index in [1.165, 1.54) is 11.8 Å². The molecule has 0 bridgehead atoms. The molecule has 16 heavy (non-hydrogen) atoms. The molecule has 5 heteroatoms. The van der Waals surface area contributed by atoms with Crippen molar-refractivity contribution in [3.05, 3.63) is 41.7 Å². The van der Waals surface area contributed by atoms with Gasteiger partial charge in [0.05, 0.1) is 5.02 Å². The summed E-state index contributed by atoms with van der Waals surface area (Å²) in [5.41, 5.74) is 0. The normalized spacial score (nSPS) is 10.1. The summed E-state index contributed by atoms with van der Waals surface area (Å²) >= 11 is 7.55. The molecule has 0 atom stereocenters. The van der Waals surface area contributed by atoms with E-state index in [1.54, 1.807) is 12.4 Å². The summed E-state index contributed by atoms with van der Waals surface area (Å²) < 4.78 is 0. The number of halogens is 1. The van der Waals surface area contributed by atoms with Crippen molar-refractivity contribution in [1.29, 1.82) is 0 Å². The van der Waals surface area contributed by atoms with Gasteiger partial charge in [-0.1, -0.05) is 23.4 Å². The van der Waals surface area contributed by atoms with Gasteiger partial charge in [0.2, 0.25) is 0 Å². The largest absolute Gasteiger partial charge is 0.373 e. The quantitative estimate of drug-likeness (QED) is 0.908. The zero-order valence-corrected chi connectivity index (χ0v) is 10.2.